The van der Waals surface area contributed by atoms with Gasteiger partial charge in [-0.25, -0.2) is 0 Å². The second-order valence-electron chi connectivity index (χ2n) is 7.45. The third kappa shape index (κ3) is 3.91. The molecule has 6 atom stereocenters. The molecule has 0 bridgehead atoms. The maximum Gasteiger partial charge on any atom is 0.229 e. The molecule has 10 nitrogen and oxygen atoms in total. The van der Waals surface area contributed by atoms with E-state index in [1.54, 1.807) is 12.1 Å². The summed E-state index contributed by atoms with van der Waals surface area (Å²) in [6.07, 6.45) is -7.38. The molecule has 0 spiro atoms. The lowest BCUT2D eigenvalue weighted by molar-refractivity contribution is -0.277. The number of hydrogen-bond acceptors (Lipinski definition) is 10. The average molecular weight is 434 g/mol. The van der Waals surface area contributed by atoms with Crippen LogP contribution in [0.3, 0.4) is 0 Å². The van der Waals surface area contributed by atoms with E-state index in [9.17, 15) is 35.4 Å². The Kier molecular flexibility index (Phi) is 5.73. The normalized spacial score (nSPS) is 30.4. The van der Waals surface area contributed by atoms with Gasteiger partial charge in [-0.3, -0.25) is 4.79 Å². The second-order valence-corrected chi connectivity index (χ2v) is 7.45. The first-order valence-electron chi connectivity index (χ1n) is 9.60. The lowest BCUT2D eigenvalue weighted by Crippen LogP contribution is -2.60. The molecule has 0 amide bonds. The molecule has 0 unspecified atom stereocenters. The number of aliphatic hydroxyl groups excluding tert-OH is 4. The van der Waals surface area contributed by atoms with Crippen molar-refractivity contribution in [2.24, 2.45) is 0 Å². The number of aromatic hydroxyl groups is 2. The molecule has 31 heavy (non-hydrogen) atoms. The summed E-state index contributed by atoms with van der Waals surface area (Å²) >= 11 is 0. The molecule has 2 aliphatic heterocycles. The molecule has 1 fully saturated rings. The first-order valence-corrected chi connectivity index (χ1v) is 9.60. The highest BCUT2D eigenvalue weighted by molar-refractivity contribution is 6.06. The number of carbonyl (C=O) groups is 1. The Morgan fingerprint density at radius 1 is 1.00 bits per heavy atom. The van der Waals surface area contributed by atoms with E-state index in [1.165, 1.54) is 18.2 Å². The predicted molar refractivity (Wildman–Crippen MR) is 103 cm³/mol. The Balaban J connectivity index is 1.57. The molecule has 4 rings (SSSR count). The number of aliphatic hydroxyl groups is 4. The van der Waals surface area contributed by atoms with E-state index in [0.717, 1.165) is 6.07 Å². The Morgan fingerprint density at radius 2 is 1.71 bits per heavy atom. The maximum absolute atomic E-state index is 12.9. The summed E-state index contributed by atoms with van der Waals surface area (Å²) in [4.78, 5) is 12.9. The summed E-state index contributed by atoms with van der Waals surface area (Å²) < 4.78 is 16.4. The first-order chi connectivity index (χ1) is 14.8. The number of hydrogen-bond donors (Lipinski definition) is 6. The molecular formula is C21H22O10. The number of phenolic OH excluding ortho intramolecular Hbond substituents is 2. The van der Waals surface area contributed by atoms with Crippen molar-refractivity contribution in [1.29, 1.82) is 0 Å². The smallest absolute Gasteiger partial charge is 0.229 e. The summed E-state index contributed by atoms with van der Waals surface area (Å²) in [5, 5.41) is 59.0. The number of phenols is 2. The third-order valence-electron chi connectivity index (χ3n) is 5.42. The topological polar surface area (TPSA) is 166 Å². The van der Waals surface area contributed by atoms with Crippen LogP contribution in [-0.2, 0) is 4.74 Å². The van der Waals surface area contributed by atoms with Crippen LogP contribution in [0, 0.1) is 0 Å². The SMILES string of the molecule is O=C1c2c(O)cc(O[C@@H]3O[C@H](CO)[C@@H](O)[C@H](O)[C@H]3O)cc2OC[C@@H]1c1ccc(O)cc1. The van der Waals surface area contributed by atoms with E-state index in [4.69, 9.17) is 14.2 Å². The van der Waals surface area contributed by atoms with Gasteiger partial charge in [0.2, 0.25) is 6.29 Å². The van der Waals surface area contributed by atoms with Gasteiger partial charge in [0.1, 0.15) is 59.6 Å². The molecule has 2 aromatic rings. The van der Waals surface area contributed by atoms with Gasteiger partial charge < -0.3 is 44.8 Å². The van der Waals surface area contributed by atoms with Crippen molar-refractivity contribution < 1.29 is 49.6 Å². The largest absolute Gasteiger partial charge is 0.508 e. The van der Waals surface area contributed by atoms with Crippen LogP contribution in [0.5, 0.6) is 23.0 Å². The molecular weight excluding hydrogens is 412 g/mol. The minimum Gasteiger partial charge on any atom is -0.508 e. The van der Waals surface area contributed by atoms with Crippen molar-refractivity contribution in [3.63, 3.8) is 0 Å². The van der Waals surface area contributed by atoms with Gasteiger partial charge in [0.25, 0.3) is 0 Å². The van der Waals surface area contributed by atoms with E-state index in [2.05, 4.69) is 0 Å². The number of fused-ring (bicyclic) bond motifs is 1. The highest BCUT2D eigenvalue weighted by Gasteiger charge is 2.45. The van der Waals surface area contributed by atoms with E-state index in [0.29, 0.717) is 5.56 Å². The highest BCUT2D eigenvalue weighted by Crippen LogP contribution is 2.41. The summed E-state index contributed by atoms with van der Waals surface area (Å²) in [6.45, 7) is -0.615. The van der Waals surface area contributed by atoms with Gasteiger partial charge >= 0.3 is 0 Å². The van der Waals surface area contributed by atoms with Crippen molar-refractivity contribution in [1.82, 2.24) is 0 Å². The zero-order valence-electron chi connectivity index (χ0n) is 16.2. The zero-order chi connectivity index (χ0) is 22.3. The summed E-state index contributed by atoms with van der Waals surface area (Å²) in [5.74, 6) is -1.34. The number of Topliss-reactive ketones (excluding diaryl/α,β-unsaturated/α-hetero) is 1. The Labute approximate surface area is 176 Å². The minimum atomic E-state index is -1.63. The van der Waals surface area contributed by atoms with Crippen molar-refractivity contribution in [2.45, 2.75) is 36.6 Å². The van der Waals surface area contributed by atoms with Crippen LogP contribution >= 0.6 is 0 Å². The third-order valence-corrected chi connectivity index (χ3v) is 5.42. The first kappa shape index (κ1) is 21.3. The number of ether oxygens (including phenoxy) is 3. The van der Waals surface area contributed by atoms with Crippen LogP contribution in [0.4, 0.5) is 0 Å². The predicted octanol–water partition coefficient (Wildman–Crippen LogP) is -0.365. The van der Waals surface area contributed by atoms with Crippen LogP contribution in [-0.4, -0.2) is 80.3 Å². The van der Waals surface area contributed by atoms with Crippen LogP contribution < -0.4 is 9.47 Å². The molecule has 0 aromatic heterocycles. The number of ketones is 1. The van der Waals surface area contributed by atoms with E-state index in [-0.39, 0.29) is 35.2 Å². The highest BCUT2D eigenvalue weighted by atomic mass is 16.7. The lowest BCUT2D eigenvalue weighted by atomic mass is 9.88. The molecule has 0 radical (unpaired) electrons. The van der Waals surface area contributed by atoms with Crippen molar-refractivity contribution in [3.8, 4) is 23.0 Å². The average Bonchev–Trinajstić information content (AvgIpc) is 2.75. The van der Waals surface area contributed by atoms with Crippen LogP contribution in [0.2, 0.25) is 0 Å². The molecule has 6 N–H and O–H groups in total. The van der Waals surface area contributed by atoms with E-state index < -0.39 is 49.0 Å². The molecule has 0 saturated carbocycles. The molecule has 166 valence electrons. The number of rotatable bonds is 4. The fourth-order valence-electron chi connectivity index (χ4n) is 3.68. The number of benzene rings is 2. The Morgan fingerprint density at radius 3 is 2.39 bits per heavy atom. The minimum absolute atomic E-state index is 0.000448. The van der Waals surface area contributed by atoms with Gasteiger partial charge in [-0.15, -0.1) is 0 Å². The van der Waals surface area contributed by atoms with Gasteiger partial charge in [-0.2, -0.15) is 0 Å². The molecule has 2 aliphatic rings. The molecule has 2 aromatic carbocycles. The fraction of sp³-hybridized carbons (Fsp3) is 0.381. The van der Waals surface area contributed by atoms with Gasteiger partial charge in [0.05, 0.1) is 12.5 Å². The zero-order valence-corrected chi connectivity index (χ0v) is 16.2. The second kappa shape index (κ2) is 8.33. The van der Waals surface area contributed by atoms with Gasteiger partial charge in [0, 0.05) is 12.1 Å². The van der Waals surface area contributed by atoms with Crippen molar-refractivity contribution in [3.05, 3.63) is 47.5 Å². The van der Waals surface area contributed by atoms with E-state index in [1.807, 2.05) is 0 Å². The molecule has 0 aliphatic carbocycles. The standard InChI is InChI=1S/C21H22O10/c22-7-15-18(26)19(27)20(28)21(31-15)30-11-5-13(24)16-14(6-11)29-8-12(17(16)25)9-1-3-10(23)4-2-9/h1-6,12,15,18-24,26-28H,7-8H2/t12-,15-,18-,19+,20-,21-/m1/s1. The van der Waals surface area contributed by atoms with Gasteiger partial charge in [-0.05, 0) is 17.7 Å². The van der Waals surface area contributed by atoms with E-state index >= 15 is 0 Å². The lowest BCUT2D eigenvalue weighted by Gasteiger charge is -2.39. The van der Waals surface area contributed by atoms with Crippen LogP contribution in [0.25, 0.3) is 0 Å². The molecule has 2 heterocycles. The summed E-state index contributed by atoms with van der Waals surface area (Å²) in [7, 11) is 0. The maximum atomic E-state index is 12.9. The van der Waals surface area contributed by atoms with Crippen LogP contribution in [0.1, 0.15) is 21.8 Å². The van der Waals surface area contributed by atoms with Crippen molar-refractivity contribution in [2.75, 3.05) is 13.2 Å². The molecule has 1 saturated heterocycles. The molecule has 10 heteroatoms. The van der Waals surface area contributed by atoms with Crippen molar-refractivity contribution >= 4 is 5.78 Å². The van der Waals surface area contributed by atoms with Crippen LogP contribution in [0.15, 0.2) is 36.4 Å². The number of carbonyl (C=O) groups excluding carboxylic acids is 1. The van der Waals surface area contributed by atoms with Gasteiger partial charge in [0.15, 0.2) is 5.78 Å². The monoisotopic (exact) mass is 434 g/mol. The summed E-state index contributed by atoms with van der Waals surface area (Å²) in [5.41, 5.74) is 0.583. The van der Waals surface area contributed by atoms with Gasteiger partial charge in [-0.1, -0.05) is 12.1 Å². The summed E-state index contributed by atoms with van der Waals surface area (Å²) in [6, 6.07) is 8.58. The Hall–Kier alpha value is -2.89. The fourth-order valence-corrected chi connectivity index (χ4v) is 3.68. The quantitative estimate of drug-likeness (QED) is 0.374. The Bertz CT molecular complexity index is 957.